The van der Waals surface area contributed by atoms with E-state index in [0.717, 1.165) is 51.0 Å². The lowest BCUT2D eigenvalue weighted by Crippen LogP contribution is -2.51. The van der Waals surface area contributed by atoms with Gasteiger partial charge in [-0.3, -0.25) is 19.6 Å². The SMILES string of the molecule is CC.CNCCCCC1CN(CC=O)CCN(CC=O)CCN(CC=O)CCN1CC=O. The van der Waals surface area contributed by atoms with Crippen molar-refractivity contribution >= 4 is 25.1 Å². The lowest BCUT2D eigenvalue weighted by atomic mass is 10.1. The first-order valence-corrected chi connectivity index (χ1v) is 12.0. The highest BCUT2D eigenvalue weighted by molar-refractivity contribution is 5.53. The third-order valence-electron chi connectivity index (χ3n) is 5.68. The first kappa shape index (κ1) is 30.5. The van der Waals surface area contributed by atoms with Gasteiger partial charge in [-0.1, -0.05) is 20.3 Å². The summed E-state index contributed by atoms with van der Waals surface area (Å²) in [6.45, 7) is 11.1. The highest BCUT2D eigenvalue weighted by Gasteiger charge is 2.23. The van der Waals surface area contributed by atoms with E-state index in [1.54, 1.807) is 0 Å². The van der Waals surface area contributed by atoms with Gasteiger partial charge in [-0.2, -0.15) is 0 Å². The van der Waals surface area contributed by atoms with Crippen LogP contribution in [-0.2, 0) is 19.2 Å². The molecule has 0 bridgehead atoms. The fourth-order valence-corrected chi connectivity index (χ4v) is 3.89. The maximum atomic E-state index is 11.4. The number of aldehydes is 4. The summed E-state index contributed by atoms with van der Waals surface area (Å²) < 4.78 is 0. The molecule has 1 atom stereocenters. The van der Waals surface area contributed by atoms with E-state index < -0.39 is 0 Å². The Kier molecular flexibility index (Phi) is 20.3. The predicted molar refractivity (Wildman–Crippen MR) is 128 cm³/mol. The van der Waals surface area contributed by atoms with Crippen molar-refractivity contribution in [1.29, 1.82) is 0 Å². The van der Waals surface area contributed by atoms with Crippen LogP contribution < -0.4 is 5.32 Å². The van der Waals surface area contributed by atoms with Crippen molar-refractivity contribution in [3.8, 4) is 0 Å². The zero-order valence-electron chi connectivity index (χ0n) is 20.4. The lowest BCUT2D eigenvalue weighted by molar-refractivity contribution is -0.111. The van der Waals surface area contributed by atoms with Crippen LogP contribution in [0.4, 0.5) is 0 Å². The maximum Gasteiger partial charge on any atom is 0.133 e. The number of nitrogens with one attached hydrogen (secondary N) is 1. The fraction of sp³-hybridized carbons (Fsp3) is 0.826. The summed E-state index contributed by atoms with van der Waals surface area (Å²) in [4.78, 5) is 53.3. The van der Waals surface area contributed by atoms with E-state index in [9.17, 15) is 19.2 Å². The average molecular weight is 456 g/mol. The molecule has 186 valence electrons. The Morgan fingerprint density at radius 1 is 0.688 bits per heavy atom. The minimum Gasteiger partial charge on any atom is -0.320 e. The van der Waals surface area contributed by atoms with Gasteiger partial charge in [0.25, 0.3) is 0 Å². The normalized spacial score (nSPS) is 20.3. The Hall–Kier alpha value is -1.52. The smallest absolute Gasteiger partial charge is 0.133 e. The molecule has 1 fully saturated rings. The van der Waals surface area contributed by atoms with Gasteiger partial charge in [-0.15, -0.1) is 0 Å². The lowest BCUT2D eigenvalue weighted by Gasteiger charge is -2.37. The Bertz CT molecular complexity index is 495. The quantitative estimate of drug-likeness (QED) is 0.299. The number of carbonyl (C=O) groups is 4. The summed E-state index contributed by atoms with van der Waals surface area (Å²) in [7, 11) is 1.94. The van der Waals surface area contributed by atoms with Gasteiger partial charge in [-0.05, 0) is 26.4 Å². The second-order valence-corrected chi connectivity index (χ2v) is 7.78. The summed E-state index contributed by atoms with van der Waals surface area (Å²) >= 11 is 0. The van der Waals surface area contributed by atoms with E-state index >= 15 is 0 Å². The number of nitrogens with zero attached hydrogens (tertiary/aromatic N) is 4. The van der Waals surface area contributed by atoms with E-state index in [0.29, 0.717) is 72.0 Å². The van der Waals surface area contributed by atoms with Gasteiger partial charge >= 0.3 is 0 Å². The molecule has 0 amide bonds. The zero-order chi connectivity index (χ0) is 24.0. The summed E-state index contributed by atoms with van der Waals surface area (Å²) in [6.07, 6.45) is 6.69. The molecule has 1 heterocycles. The van der Waals surface area contributed by atoms with E-state index in [2.05, 4.69) is 24.9 Å². The minimum absolute atomic E-state index is 0.157. The van der Waals surface area contributed by atoms with Crippen LogP contribution in [0.15, 0.2) is 0 Å². The standard InChI is InChI=1S/C21H39N5O4.C2H6/c1-22-5-3-2-4-21-20-25(14-18-29)9-8-23(12-16-27)6-7-24(13-17-28)10-11-26(21)15-19-30;1-2/h16-19,21-22H,2-15,20H2,1H3;1-2H3. The monoisotopic (exact) mass is 455 g/mol. The molecule has 0 aliphatic carbocycles. The molecule has 0 spiro atoms. The maximum absolute atomic E-state index is 11.4. The number of hydrogen-bond acceptors (Lipinski definition) is 9. The Labute approximate surface area is 194 Å². The van der Waals surface area contributed by atoms with Crippen molar-refractivity contribution in [2.75, 3.05) is 85.6 Å². The van der Waals surface area contributed by atoms with Crippen LogP contribution in [0.5, 0.6) is 0 Å². The molecular weight excluding hydrogens is 410 g/mol. The largest absolute Gasteiger partial charge is 0.320 e. The van der Waals surface area contributed by atoms with Crippen molar-refractivity contribution in [2.45, 2.75) is 39.2 Å². The van der Waals surface area contributed by atoms with Crippen molar-refractivity contribution < 1.29 is 19.2 Å². The fourth-order valence-electron chi connectivity index (χ4n) is 3.89. The molecule has 0 aromatic heterocycles. The third kappa shape index (κ3) is 13.8. The van der Waals surface area contributed by atoms with E-state index in [1.807, 2.05) is 20.9 Å². The van der Waals surface area contributed by atoms with Gasteiger partial charge in [0.05, 0.1) is 26.2 Å². The molecule has 9 heteroatoms. The number of rotatable bonds is 13. The Morgan fingerprint density at radius 3 is 1.66 bits per heavy atom. The van der Waals surface area contributed by atoms with Crippen LogP contribution in [0.1, 0.15) is 33.1 Å². The van der Waals surface area contributed by atoms with Gasteiger partial charge in [-0.25, -0.2) is 0 Å². The van der Waals surface area contributed by atoms with Gasteiger partial charge in [0, 0.05) is 51.9 Å². The van der Waals surface area contributed by atoms with Gasteiger partial charge < -0.3 is 24.5 Å². The van der Waals surface area contributed by atoms with Crippen LogP contribution in [0.25, 0.3) is 0 Å². The molecule has 0 aromatic carbocycles. The van der Waals surface area contributed by atoms with Gasteiger partial charge in [0.1, 0.15) is 25.1 Å². The molecule has 32 heavy (non-hydrogen) atoms. The molecule has 9 nitrogen and oxygen atoms in total. The molecular formula is C23H45N5O4. The third-order valence-corrected chi connectivity index (χ3v) is 5.68. The van der Waals surface area contributed by atoms with E-state index in [1.165, 1.54) is 0 Å². The van der Waals surface area contributed by atoms with Crippen LogP contribution in [0, 0.1) is 0 Å². The van der Waals surface area contributed by atoms with Gasteiger partial charge in [0.15, 0.2) is 0 Å². The van der Waals surface area contributed by atoms with E-state index in [4.69, 9.17) is 0 Å². The molecule has 1 aliphatic heterocycles. The first-order valence-electron chi connectivity index (χ1n) is 12.0. The topological polar surface area (TPSA) is 93.3 Å². The number of carbonyl (C=O) groups excluding carboxylic acids is 4. The summed E-state index contributed by atoms with van der Waals surface area (Å²) in [5, 5.41) is 3.16. The van der Waals surface area contributed by atoms with Crippen LogP contribution in [0.3, 0.4) is 0 Å². The second-order valence-electron chi connectivity index (χ2n) is 7.78. The van der Waals surface area contributed by atoms with Crippen LogP contribution in [0.2, 0.25) is 0 Å². The molecule has 0 aromatic rings. The molecule has 1 unspecified atom stereocenters. The number of hydrogen-bond donors (Lipinski definition) is 1. The molecule has 0 radical (unpaired) electrons. The van der Waals surface area contributed by atoms with Gasteiger partial charge in [0.2, 0.25) is 0 Å². The molecule has 1 saturated heterocycles. The van der Waals surface area contributed by atoms with Crippen LogP contribution >= 0.6 is 0 Å². The highest BCUT2D eigenvalue weighted by atomic mass is 16.1. The first-order chi connectivity index (χ1) is 15.7. The summed E-state index contributed by atoms with van der Waals surface area (Å²) in [5.74, 6) is 0. The predicted octanol–water partition coefficient (Wildman–Crippen LogP) is -0.212. The van der Waals surface area contributed by atoms with Crippen LogP contribution in [-0.4, -0.2) is 136 Å². The average Bonchev–Trinajstić information content (AvgIpc) is 2.80. The summed E-state index contributed by atoms with van der Waals surface area (Å²) in [5.41, 5.74) is 0. The van der Waals surface area contributed by atoms with Crippen molar-refractivity contribution in [3.05, 3.63) is 0 Å². The molecule has 1 aliphatic rings. The Morgan fingerprint density at radius 2 is 1.16 bits per heavy atom. The molecule has 1 N–H and O–H groups in total. The second kappa shape index (κ2) is 21.3. The summed E-state index contributed by atoms with van der Waals surface area (Å²) in [6, 6.07) is 0.157. The molecule has 0 saturated carbocycles. The minimum atomic E-state index is 0.157. The highest BCUT2D eigenvalue weighted by Crippen LogP contribution is 2.12. The van der Waals surface area contributed by atoms with Crippen molar-refractivity contribution in [2.24, 2.45) is 0 Å². The number of unbranched alkanes of at least 4 members (excludes halogenated alkanes) is 1. The van der Waals surface area contributed by atoms with Crippen molar-refractivity contribution in [3.63, 3.8) is 0 Å². The zero-order valence-corrected chi connectivity index (χ0v) is 20.4. The van der Waals surface area contributed by atoms with Crippen molar-refractivity contribution in [1.82, 2.24) is 24.9 Å². The van der Waals surface area contributed by atoms with E-state index in [-0.39, 0.29) is 6.04 Å². The molecule has 1 rings (SSSR count). The Balaban J connectivity index is 0.00000466.